The second-order valence-electron chi connectivity index (χ2n) is 8.11. The summed E-state index contributed by atoms with van der Waals surface area (Å²) in [5, 5.41) is 0.158. The van der Waals surface area contributed by atoms with Crippen LogP contribution in [0.1, 0.15) is 30.4 Å². The molecule has 0 saturated carbocycles. The molecule has 35 heavy (non-hydrogen) atoms. The maximum absolute atomic E-state index is 12.9. The molecule has 2 aliphatic heterocycles. The predicted octanol–water partition coefficient (Wildman–Crippen LogP) is 5.74. The normalized spacial score (nSPS) is 17.3. The third-order valence-electron chi connectivity index (χ3n) is 5.79. The van der Waals surface area contributed by atoms with Gasteiger partial charge in [0.25, 0.3) is 11.1 Å². The molecule has 3 amide bonds. The topological polar surface area (TPSA) is 76.2 Å². The number of amides is 3. The number of methoxy groups -OCH3 is 1. The molecule has 0 unspecified atom stereocenters. The zero-order valence-corrected chi connectivity index (χ0v) is 22.2. The number of ether oxygens (including phenoxy) is 2. The molecule has 2 saturated heterocycles. The second-order valence-corrected chi connectivity index (χ2v) is 10.4. The molecule has 0 radical (unpaired) electrons. The van der Waals surface area contributed by atoms with E-state index in [2.05, 4.69) is 15.9 Å². The molecule has 7 nitrogen and oxygen atoms in total. The van der Waals surface area contributed by atoms with Gasteiger partial charge in [-0.2, -0.15) is 0 Å². The molecule has 2 fully saturated rings. The molecule has 0 bridgehead atoms. The molecular formula is C25H24BrClN2O5S. The fraction of sp³-hybridized carbons (Fsp3) is 0.320. The van der Waals surface area contributed by atoms with Gasteiger partial charge in [0.05, 0.1) is 12.0 Å². The van der Waals surface area contributed by atoms with Gasteiger partial charge in [0.1, 0.15) is 13.2 Å². The van der Waals surface area contributed by atoms with Crippen molar-refractivity contribution in [1.82, 2.24) is 9.80 Å². The third kappa shape index (κ3) is 6.02. The highest BCUT2D eigenvalue weighted by Gasteiger charge is 2.37. The number of likely N-dealkylation sites (tertiary alicyclic amines) is 1. The molecule has 2 aromatic carbocycles. The van der Waals surface area contributed by atoms with Crippen molar-refractivity contribution in [2.75, 3.05) is 26.7 Å². The van der Waals surface area contributed by atoms with Crippen LogP contribution in [0.4, 0.5) is 4.79 Å². The number of thioether (sulfide) groups is 1. The van der Waals surface area contributed by atoms with E-state index in [0.29, 0.717) is 39.6 Å². The summed E-state index contributed by atoms with van der Waals surface area (Å²) in [5.74, 6) is 0.286. The van der Waals surface area contributed by atoms with E-state index >= 15 is 0 Å². The van der Waals surface area contributed by atoms with Crippen molar-refractivity contribution < 1.29 is 23.9 Å². The first-order valence-corrected chi connectivity index (χ1v) is 13.1. The van der Waals surface area contributed by atoms with Gasteiger partial charge in [0.2, 0.25) is 5.91 Å². The summed E-state index contributed by atoms with van der Waals surface area (Å²) in [6.07, 6.45) is 4.60. The van der Waals surface area contributed by atoms with Gasteiger partial charge in [0.15, 0.2) is 11.5 Å². The molecule has 0 aromatic heterocycles. The minimum Gasteiger partial charge on any atom is -0.493 e. The lowest BCUT2D eigenvalue weighted by Crippen LogP contribution is -2.44. The summed E-state index contributed by atoms with van der Waals surface area (Å²) in [6.45, 7) is 1.36. The molecule has 0 aliphatic carbocycles. The van der Waals surface area contributed by atoms with Crippen molar-refractivity contribution in [2.45, 2.75) is 25.9 Å². The van der Waals surface area contributed by atoms with Crippen LogP contribution in [0.15, 0.2) is 45.8 Å². The van der Waals surface area contributed by atoms with Crippen molar-refractivity contribution in [2.24, 2.45) is 0 Å². The monoisotopic (exact) mass is 578 g/mol. The Kier molecular flexibility index (Phi) is 8.41. The van der Waals surface area contributed by atoms with Gasteiger partial charge < -0.3 is 14.4 Å². The number of hydrogen-bond donors (Lipinski definition) is 0. The minimum absolute atomic E-state index is 0.198. The van der Waals surface area contributed by atoms with Gasteiger partial charge in [0, 0.05) is 28.1 Å². The van der Waals surface area contributed by atoms with Crippen LogP contribution < -0.4 is 9.47 Å². The van der Waals surface area contributed by atoms with Gasteiger partial charge in [-0.05, 0) is 60.9 Å². The molecule has 184 valence electrons. The van der Waals surface area contributed by atoms with Crippen LogP contribution in [0, 0.1) is 0 Å². The van der Waals surface area contributed by atoms with Crippen molar-refractivity contribution in [3.8, 4) is 11.5 Å². The van der Waals surface area contributed by atoms with Crippen LogP contribution in [0.3, 0.4) is 0 Å². The van der Waals surface area contributed by atoms with E-state index in [0.717, 1.165) is 41.5 Å². The Morgan fingerprint density at radius 1 is 1.14 bits per heavy atom. The Morgan fingerprint density at radius 2 is 1.89 bits per heavy atom. The third-order valence-corrected chi connectivity index (χ3v) is 7.75. The van der Waals surface area contributed by atoms with E-state index in [1.165, 1.54) is 7.11 Å². The van der Waals surface area contributed by atoms with Gasteiger partial charge in [-0.1, -0.05) is 45.7 Å². The summed E-state index contributed by atoms with van der Waals surface area (Å²) >= 11 is 10.5. The van der Waals surface area contributed by atoms with E-state index in [9.17, 15) is 14.4 Å². The molecule has 0 spiro atoms. The van der Waals surface area contributed by atoms with E-state index in [-0.39, 0.29) is 24.0 Å². The minimum atomic E-state index is -0.477. The Bertz CT molecular complexity index is 1180. The lowest BCUT2D eigenvalue weighted by molar-refractivity contribution is -0.136. The molecule has 2 heterocycles. The maximum atomic E-state index is 12.9. The van der Waals surface area contributed by atoms with E-state index in [1.54, 1.807) is 29.2 Å². The van der Waals surface area contributed by atoms with Crippen molar-refractivity contribution >= 4 is 62.4 Å². The molecule has 2 aliphatic rings. The number of halogens is 2. The average molecular weight is 580 g/mol. The number of benzene rings is 2. The van der Waals surface area contributed by atoms with Crippen molar-refractivity contribution in [3.63, 3.8) is 0 Å². The molecule has 2 aromatic rings. The van der Waals surface area contributed by atoms with Crippen LogP contribution >= 0.6 is 39.3 Å². The van der Waals surface area contributed by atoms with Gasteiger partial charge in [-0.25, -0.2) is 0 Å². The Balaban J connectivity index is 1.49. The summed E-state index contributed by atoms with van der Waals surface area (Å²) < 4.78 is 12.1. The zero-order valence-electron chi connectivity index (χ0n) is 19.1. The lowest BCUT2D eigenvalue weighted by Gasteiger charge is -2.27. The molecule has 0 atom stereocenters. The summed E-state index contributed by atoms with van der Waals surface area (Å²) in [7, 11) is 1.52. The highest BCUT2D eigenvalue weighted by Crippen LogP contribution is 2.38. The van der Waals surface area contributed by atoms with Crippen LogP contribution in [0.5, 0.6) is 11.5 Å². The fourth-order valence-corrected chi connectivity index (χ4v) is 5.32. The van der Waals surface area contributed by atoms with Crippen molar-refractivity contribution in [1.29, 1.82) is 0 Å². The molecule has 10 heteroatoms. The first-order valence-electron chi connectivity index (χ1n) is 11.1. The molecule has 0 N–H and O–H groups in total. The standard InChI is InChI=1S/C25H24BrClN2O5S/c1-33-20-11-17(18(26)13-21(20)34-15-16-7-3-4-8-19(16)27)12-22-24(31)29(25(32)35-22)14-23(30)28-9-5-2-6-10-28/h3-4,7-8,11-13H,2,5-6,9-10,14-15H2,1H3/b22-12-. The number of imide groups is 1. The predicted molar refractivity (Wildman–Crippen MR) is 140 cm³/mol. The number of piperidine rings is 1. The SMILES string of the molecule is COc1cc(/C=C2\SC(=O)N(CC(=O)N3CCCCC3)C2=O)c(Br)cc1OCc1ccccc1Cl. The lowest BCUT2D eigenvalue weighted by atomic mass is 10.1. The van der Waals surface area contributed by atoms with Crippen LogP contribution in [0.25, 0.3) is 6.08 Å². The first kappa shape index (κ1) is 25.6. The molecular weight excluding hydrogens is 556 g/mol. The smallest absolute Gasteiger partial charge is 0.294 e. The second kappa shape index (κ2) is 11.5. The number of carbonyl (C=O) groups is 3. The van der Waals surface area contributed by atoms with Gasteiger partial charge in [-0.15, -0.1) is 0 Å². The van der Waals surface area contributed by atoms with Gasteiger partial charge in [-0.3, -0.25) is 19.3 Å². The largest absolute Gasteiger partial charge is 0.493 e. The Hall–Kier alpha value is -2.49. The van der Waals surface area contributed by atoms with Crippen LogP contribution in [0.2, 0.25) is 5.02 Å². The highest BCUT2D eigenvalue weighted by molar-refractivity contribution is 9.10. The number of hydrogen-bond acceptors (Lipinski definition) is 6. The average Bonchev–Trinajstić information content (AvgIpc) is 3.12. The first-order chi connectivity index (χ1) is 16.9. The summed E-state index contributed by atoms with van der Waals surface area (Å²) in [6, 6.07) is 10.9. The maximum Gasteiger partial charge on any atom is 0.294 e. The Labute approximate surface area is 221 Å². The number of nitrogens with zero attached hydrogens (tertiary/aromatic N) is 2. The molecule has 4 rings (SSSR count). The van der Waals surface area contributed by atoms with E-state index in [4.69, 9.17) is 21.1 Å². The zero-order chi connectivity index (χ0) is 24.9. The highest BCUT2D eigenvalue weighted by atomic mass is 79.9. The Morgan fingerprint density at radius 3 is 2.60 bits per heavy atom. The van der Waals surface area contributed by atoms with Crippen molar-refractivity contribution in [3.05, 3.63) is 61.9 Å². The quantitative estimate of drug-likeness (QED) is 0.390. The van der Waals surface area contributed by atoms with E-state index < -0.39 is 11.1 Å². The fourth-order valence-electron chi connectivity index (χ4n) is 3.86. The van der Waals surface area contributed by atoms with Crippen LogP contribution in [-0.2, 0) is 16.2 Å². The summed E-state index contributed by atoms with van der Waals surface area (Å²) in [4.78, 5) is 41.0. The number of carbonyl (C=O) groups excluding carboxylic acids is 3. The van der Waals surface area contributed by atoms with Gasteiger partial charge >= 0.3 is 0 Å². The van der Waals surface area contributed by atoms with Crippen LogP contribution in [-0.4, -0.2) is 53.6 Å². The van der Waals surface area contributed by atoms with E-state index in [1.807, 2.05) is 18.2 Å². The number of rotatable bonds is 7. The summed E-state index contributed by atoms with van der Waals surface area (Å²) in [5.41, 5.74) is 1.48.